The van der Waals surface area contributed by atoms with E-state index in [1.165, 1.54) is 33.0 Å². The van der Waals surface area contributed by atoms with E-state index in [0.29, 0.717) is 5.46 Å². The molecule has 3 nitrogen and oxygen atoms in total. The van der Waals surface area contributed by atoms with Gasteiger partial charge in [0.15, 0.2) is 0 Å². The molecule has 5 aromatic rings. The second-order valence-corrected chi connectivity index (χ2v) is 12.1. The van der Waals surface area contributed by atoms with Crippen molar-refractivity contribution >= 4 is 30.1 Å². The average molecular weight is 560 g/mol. The second-order valence-electron chi connectivity index (χ2n) is 12.1. The maximum Gasteiger partial charge on any atom is 0.488 e. The highest BCUT2D eigenvalue weighted by molar-refractivity contribution is 6.58. The van der Waals surface area contributed by atoms with Gasteiger partial charge < -0.3 is 10.0 Å². The standard InChI is InChI=1S/C39H34BNO2/c1-39(2)34-18-11-17-31(37(34)33-23-21-30(40(42)43)25-35(33)39)29-20-22-32-28(24-29)16-9-10-19-36(26-12-5-3-6-13-26)41-38(32)27-14-7-4-8-15-27/h3-8,11-18,20-25,42-43H,9-10,19H2,1-2H3/b28-16-,38-32-,41-36?. The third-order valence-electron chi connectivity index (χ3n) is 9.02. The maximum absolute atomic E-state index is 9.88. The van der Waals surface area contributed by atoms with Gasteiger partial charge in [-0.2, -0.15) is 0 Å². The van der Waals surface area contributed by atoms with Crippen LogP contribution in [0.5, 0.6) is 0 Å². The quantitative estimate of drug-likeness (QED) is 0.268. The maximum atomic E-state index is 9.88. The van der Waals surface area contributed by atoms with E-state index in [-0.39, 0.29) is 5.41 Å². The van der Waals surface area contributed by atoms with Crippen LogP contribution in [-0.2, 0) is 5.41 Å². The number of benzene rings is 5. The summed E-state index contributed by atoms with van der Waals surface area (Å²) in [4.78, 5) is 5.38. The van der Waals surface area contributed by atoms with E-state index < -0.39 is 7.12 Å². The molecule has 43 heavy (non-hydrogen) atoms. The molecule has 1 heterocycles. The highest BCUT2D eigenvalue weighted by Gasteiger charge is 2.37. The number of aliphatic imine (C=N–C) groups is 1. The summed E-state index contributed by atoms with van der Waals surface area (Å²) in [5.74, 6) is 0. The molecule has 2 aliphatic rings. The zero-order valence-corrected chi connectivity index (χ0v) is 24.6. The van der Waals surface area contributed by atoms with Crippen LogP contribution in [0.2, 0.25) is 0 Å². The molecular weight excluding hydrogens is 525 g/mol. The molecule has 0 saturated heterocycles. The third-order valence-corrected chi connectivity index (χ3v) is 9.02. The summed E-state index contributed by atoms with van der Waals surface area (Å²) in [6.07, 6.45) is 5.29. The van der Waals surface area contributed by atoms with Crippen molar-refractivity contribution in [2.45, 2.75) is 38.5 Å². The van der Waals surface area contributed by atoms with Crippen LogP contribution in [0.4, 0.5) is 0 Å². The van der Waals surface area contributed by atoms with Crippen LogP contribution in [0, 0.1) is 0 Å². The molecular formula is C39H34BNO2. The van der Waals surface area contributed by atoms with Crippen LogP contribution >= 0.6 is 0 Å². The molecule has 210 valence electrons. The predicted octanol–water partition coefficient (Wildman–Crippen LogP) is 5.95. The van der Waals surface area contributed by atoms with E-state index in [2.05, 4.69) is 117 Å². The Morgan fingerprint density at radius 2 is 1.42 bits per heavy atom. The van der Waals surface area contributed by atoms with Gasteiger partial charge in [0, 0.05) is 21.9 Å². The molecule has 0 spiro atoms. The van der Waals surface area contributed by atoms with Crippen LogP contribution in [0.15, 0.2) is 120 Å². The lowest BCUT2D eigenvalue weighted by Crippen LogP contribution is -2.31. The Kier molecular flexibility index (Phi) is 6.97. The van der Waals surface area contributed by atoms with Crippen molar-refractivity contribution in [2.75, 3.05) is 0 Å². The molecule has 0 fully saturated rings. The predicted molar refractivity (Wildman–Crippen MR) is 179 cm³/mol. The van der Waals surface area contributed by atoms with E-state index in [4.69, 9.17) is 4.99 Å². The fourth-order valence-electron chi connectivity index (χ4n) is 6.75. The van der Waals surface area contributed by atoms with Gasteiger partial charge in [-0.3, -0.25) is 4.99 Å². The molecule has 1 aliphatic heterocycles. The van der Waals surface area contributed by atoms with E-state index in [1.54, 1.807) is 0 Å². The summed E-state index contributed by atoms with van der Waals surface area (Å²) in [6, 6.07) is 40.3. The molecule has 0 atom stereocenters. The molecule has 1 aliphatic carbocycles. The first kappa shape index (κ1) is 27.3. The number of hydrogen-bond acceptors (Lipinski definition) is 3. The molecule has 0 unspecified atom stereocenters. The van der Waals surface area contributed by atoms with Gasteiger partial charge in [0.2, 0.25) is 0 Å². The average Bonchev–Trinajstić information content (AvgIpc) is 3.32. The van der Waals surface area contributed by atoms with Crippen LogP contribution in [-0.4, -0.2) is 22.9 Å². The summed E-state index contributed by atoms with van der Waals surface area (Å²) < 4.78 is 0. The lowest BCUT2D eigenvalue weighted by Gasteiger charge is -2.22. The second kappa shape index (κ2) is 11.0. The van der Waals surface area contributed by atoms with Gasteiger partial charge in [0.25, 0.3) is 0 Å². The fourth-order valence-corrected chi connectivity index (χ4v) is 6.75. The molecule has 0 radical (unpaired) electrons. The lowest BCUT2D eigenvalue weighted by atomic mass is 9.75. The van der Waals surface area contributed by atoms with Gasteiger partial charge >= 0.3 is 7.12 Å². The Hall–Kier alpha value is -4.51. The number of rotatable bonds is 4. The smallest absolute Gasteiger partial charge is 0.423 e. The molecule has 0 bridgehead atoms. The Balaban J connectivity index is 1.46. The van der Waals surface area contributed by atoms with Crippen LogP contribution in [0.1, 0.15) is 55.4 Å². The Bertz CT molecular complexity index is 1990. The molecule has 0 amide bonds. The topological polar surface area (TPSA) is 52.8 Å². The van der Waals surface area contributed by atoms with Crippen molar-refractivity contribution in [2.24, 2.45) is 4.99 Å². The first-order valence-electron chi connectivity index (χ1n) is 15.1. The number of nitrogens with zero attached hydrogens (tertiary/aromatic N) is 1. The monoisotopic (exact) mass is 559 g/mol. The summed E-state index contributed by atoms with van der Waals surface area (Å²) in [7, 11) is -1.49. The minimum absolute atomic E-state index is 0.254. The SMILES string of the molecule is CC1(C)c2cc(B(O)O)ccc2-c2c(-c3ccc4/c(c3)=C\CCCC(c3ccccc3)=N\C=4c3ccccc3)cccc21. The minimum Gasteiger partial charge on any atom is -0.423 e. The zero-order chi connectivity index (χ0) is 29.6. The highest BCUT2D eigenvalue weighted by atomic mass is 16.4. The summed E-state index contributed by atoms with van der Waals surface area (Å²) >= 11 is 0. The van der Waals surface area contributed by atoms with E-state index in [9.17, 15) is 10.0 Å². The fraction of sp³-hybridized carbons (Fsp3) is 0.154. The summed E-state index contributed by atoms with van der Waals surface area (Å²) in [6.45, 7) is 4.44. The van der Waals surface area contributed by atoms with Gasteiger partial charge in [0.1, 0.15) is 0 Å². The first-order chi connectivity index (χ1) is 20.9. The van der Waals surface area contributed by atoms with E-state index >= 15 is 0 Å². The highest BCUT2D eigenvalue weighted by Crippen LogP contribution is 2.51. The lowest BCUT2D eigenvalue weighted by molar-refractivity contribution is 0.425. The van der Waals surface area contributed by atoms with Crippen molar-refractivity contribution in [3.05, 3.63) is 148 Å². The zero-order valence-electron chi connectivity index (χ0n) is 24.6. The van der Waals surface area contributed by atoms with E-state index in [1.807, 2.05) is 18.2 Å². The van der Waals surface area contributed by atoms with Crippen molar-refractivity contribution in [3.63, 3.8) is 0 Å². The Morgan fingerprint density at radius 1 is 0.674 bits per heavy atom. The molecule has 2 N–H and O–H groups in total. The van der Waals surface area contributed by atoms with Gasteiger partial charge in [-0.25, -0.2) is 0 Å². The van der Waals surface area contributed by atoms with Crippen molar-refractivity contribution in [3.8, 4) is 22.3 Å². The molecule has 0 saturated carbocycles. The summed E-state index contributed by atoms with van der Waals surface area (Å²) in [5, 5.41) is 22.1. The first-order valence-corrected chi connectivity index (χ1v) is 15.1. The normalized spacial score (nSPS) is 17.2. The van der Waals surface area contributed by atoms with Gasteiger partial charge in [-0.1, -0.05) is 129 Å². The van der Waals surface area contributed by atoms with Gasteiger partial charge in [-0.15, -0.1) is 0 Å². The van der Waals surface area contributed by atoms with Crippen LogP contribution < -0.4 is 15.9 Å². The molecule has 4 heteroatoms. The Morgan fingerprint density at radius 3 is 2.16 bits per heavy atom. The van der Waals surface area contributed by atoms with E-state index in [0.717, 1.165) is 52.6 Å². The largest absolute Gasteiger partial charge is 0.488 e. The minimum atomic E-state index is -1.49. The molecule has 5 aromatic carbocycles. The Labute approximate surface area is 253 Å². The summed E-state index contributed by atoms with van der Waals surface area (Å²) in [5.41, 5.74) is 11.8. The molecule has 7 rings (SSSR count). The van der Waals surface area contributed by atoms with Crippen molar-refractivity contribution in [1.82, 2.24) is 0 Å². The van der Waals surface area contributed by atoms with Crippen molar-refractivity contribution in [1.29, 1.82) is 0 Å². The van der Waals surface area contributed by atoms with Crippen LogP contribution in [0.3, 0.4) is 0 Å². The number of fused-ring (bicyclic) bond motifs is 4. The number of hydrogen-bond donors (Lipinski definition) is 2. The van der Waals surface area contributed by atoms with Gasteiger partial charge in [-0.05, 0) is 75.0 Å². The van der Waals surface area contributed by atoms with Crippen LogP contribution in [0.25, 0.3) is 34.0 Å². The molecule has 0 aromatic heterocycles. The third kappa shape index (κ3) is 4.87. The van der Waals surface area contributed by atoms with Gasteiger partial charge in [0.05, 0.1) is 5.70 Å². The van der Waals surface area contributed by atoms with Crippen molar-refractivity contribution < 1.29 is 10.0 Å².